The van der Waals surface area contributed by atoms with Crippen molar-refractivity contribution in [1.82, 2.24) is 0 Å². The maximum Gasteiger partial charge on any atom is 0.414 e. The molecule has 0 saturated carbocycles. The molecule has 3 rings (SSSR count). The molecule has 0 aliphatic carbocycles. The number of benzene rings is 2. The fourth-order valence-electron chi connectivity index (χ4n) is 2.64. The van der Waals surface area contributed by atoms with Crippen molar-refractivity contribution in [2.45, 2.75) is 13.0 Å². The van der Waals surface area contributed by atoms with Crippen molar-refractivity contribution in [2.24, 2.45) is 0 Å². The Balaban J connectivity index is 1.86. The van der Waals surface area contributed by atoms with E-state index in [1.165, 1.54) is 0 Å². The monoisotopic (exact) mass is 301 g/mol. The Bertz CT molecular complexity index is 685. The standard InChI is InChI=1S/C17H19NO4/c1-3-21-15-7-5-12-8-14(6-4-13(12)9-15)18-10-16(11-20-2)22-17(18)19/h4-9,16H,3,10-11H2,1-2H3. The van der Waals surface area contributed by atoms with Gasteiger partial charge < -0.3 is 14.2 Å². The van der Waals surface area contributed by atoms with Crippen LogP contribution in [-0.4, -0.2) is 39.1 Å². The molecule has 0 bridgehead atoms. The SMILES string of the molecule is CCOc1ccc2cc(N3CC(COC)OC3=O)ccc2c1. The first-order valence-corrected chi connectivity index (χ1v) is 7.35. The highest BCUT2D eigenvalue weighted by Gasteiger charge is 2.32. The Morgan fingerprint density at radius 1 is 1.23 bits per heavy atom. The summed E-state index contributed by atoms with van der Waals surface area (Å²) in [4.78, 5) is 13.6. The van der Waals surface area contributed by atoms with Crippen LogP contribution in [0, 0.1) is 0 Å². The molecule has 5 nitrogen and oxygen atoms in total. The number of cyclic esters (lactones) is 1. The van der Waals surface area contributed by atoms with E-state index in [0.29, 0.717) is 19.8 Å². The highest BCUT2D eigenvalue weighted by molar-refractivity contribution is 5.94. The molecule has 116 valence electrons. The van der Waals surface area contributed by atoms with Gasteiger partial charge in [0.15, 0.2) is 0 Å². The molecule has 1 saturated heterocycles. The van der Waals surface area contributed by atoms with Gasteiger partial charge in [0, 0.05) is 12.8 Å². The van der Waals surface area contributed by atoms with Crippen LogP contribution in [0.5, 0.6) is 5.75 Å². The second-order valence-electron chi connectivity index (χ2n) is 5.20. The number of fused-ring (bicyclic) bond motifs is 1. The lowest BCUT2D eigenvalue weighted by Gasteiger charge is -2.14. The van der Waals surface area contributed by atoms with Gasteiger partial charge in [0.05, 0.1) is 19.8 Å². The number of rotatable bonds is 5. The van der Waals surface area contributed by atoms with E-state index in [4.69, 9.17) is 14.2 Å². The number of carbonyl (C=O) groups is 1. The Hall–Kier alpha value is -2.27. The number of amides is 1. The quantitative estimate of drug-likeness (QED) is 0.851. The molecule has 22 heavy (non-hydrogen) atoms. The van der Waals surface area contributed by atoms with Crippen molar-refractivity contribution >= 4 is 22.6 Å². The van der Waals surface area contributed by atoms with Crippen LogP contribution in [0.4, 0.5) is 10.5 Å². The largest absolute Gasteiger partial charge is 0.494 e. The molecule has 1 amide bonds. The second kappa shape index (κ2) is 6.23. The van der Waals surface area contributed by atoms with Crippen molar-refractivity contribution < 1.29 is 19.0 Å². The summed E-state index contributed by atoms with van der Waals surface area (Å²) >= 11 is 0. The van der Waals surface area contributed by atoms with E-state index >= 15 is 0 Å². The molecule has 1 aliphatic heterocycles. The zero-order valence-electron chi connectivity index (χ0n) is 12.7. The molecular weight excluding hydrogens is 282 g/mol. The summed E-state index contributed by atoms with van der Waals surface area (Å²) in [5, 5.41) is 2.14. The molecule has 1 heterocycles. The van der Waals surface area contributed by atoms with Crippen LogP contribution in [0.3, 0.4) is 0 Å². The maximum atomic E-state index is 12.0. The minimum absolute atomic E-state index is 0.214. The molecule has 2 aromatic rings. The minimum atomic E-state index is -0.327. The van der Waals surface area contributed by atoms with Gasteiger partial charge in [-0.1, -0.05) is 12.1 Å². The van der Waals surface area contributed by atoms with Crippen molar-refractivity contribution in [3.05, 3.63) is 36.4 Å². The highest BCUT2D eigenvalue weighted by Crippen LogP contribution is 2.28. The lowest BCUT2D eigenvalue weighted by molar-refractivity contribution is 0.0718. The Morgan fingerprint density at radius 2 is 2.00 bits per heavy atom. The lowest BCUT2D eigenvalue weighted by Crippen LogP contribution is -2.25. The molecule has 1 atom stereocenters. The van der Waals surface area contributed by atoms with Crippen molar-refractivity contribution in [3.63, 3.8) is 0 Å². The summed E-state index contributed by atoms with van der Waals surface area (Å²) in [5.74, 6) is 0.850. The van der Waals surface area contributed by atoms with Gasteiger partial charge in [-0.25, -0.2) is 4.79 Å². The van der Waals surface area contributed by atoms with Gasteiger partial charge >= 0.3 is 6.09 Å². The molecule has 0 spiro atoms. The average molecular weight is 301 g/mol. The van der Waals surface area contributed by atoms with Gasteiger partial charge in [-0.15, -0.1) is 0 Å². The van der Waals surface area contributed by atoms with Gasteiger partial charge in [-0.2, -0.15) is 0 Å². The van der Waals surface area contributed by atoms with E-state index in [1.807, 2.05) is 43.3 Å². The summed E-state index contributed by atoms with van der Waals surface area (Å²) in [6.07, 6.45) is -0.541. The number of ether oxygens (including phenoxy) is 3. The van der Waals surface area contributed by atoms with Crippen LogP contribution >= 0.6 is 0 Å². The Morgan fingerprint density at radius 3 is 2.77 bits per heavy atom. The van der Waals surface area contributed by atoms with Crippen LogP contribution in [0.25, 0.3) is 10.8 Å². The van der Waals surface area contributed by atoms with E-state index in [9.17, 15) is 4.79 Å². The highest BCUT2D eigenvalue weighted by atomic mass is 16.6. The third kappa shape index (κ3) is 2.85. The van der Waals surface area contributed by atoms with Gasteiger partial charge in [-0.3, -0.25) is 4.90 Å². The van der Waals surface area contributed by atoms with Crippen molar-refractivity contribution in [3.8, 4) is 5.75 Å². The Labute approximate surface area is 129 Å². The Kier molecular flexibility index (Phi) is 4.15. The number of hydrogen-bond donors (Lipinski definition) is 0. The second-order valence-corrected chi connectivity index (χ2v) is 5.20. The molecule has 1 unspecified atom stereocenters. The van der Waals surface area contributed by atoms with Crippen LogP contribution in [0.2, 0.25) is 0 Å². The normalized spacial score (nSPS) is 17.8. The molecule has 2 aromatic carbocycles. The van der Waals surface area contributed by atoms with Crippen LogP contribution < -0.4 is 9.64 Å². The summed E-state index contributed by atoms with van der Waals surface area (Å²) < 4.78 is 15.8. The number of anilines is 1. The number of methoxy groups -OCH3 is 1. The molecular formula is C17H19NO4. The van der Waals surface area contributed by atoms with Gasteiger partial charge in [-0.05, 0) is 42.0 Å². The zero-order valence-corrected chi connectivity index (χ0v) is 12.7. The molecule has 5 heteroatoms. The summed E-state index contributed by atoms with van der Waals surface area (Å²) in [6.45, 7) is 3.52. The third-order valence-electron chi connectivity index (χ3n) is 3.64. The van der Waals surface area contributed by atoms with Crippen molar-refractivity contribution in [1.29, 1.82) is 0 Å². The van der Waals surface area contributed by atoms with Crippen LogP contribution in [-0.2, 0) is 9.47 Å². The fourth-order valence-corrected chi connectivity index (χ4v) is 2.64. The summed E-state index contributed by atoms with van der Waals surface area (Å²) in [5.41, 5.74) is 0.834. The third-order valence-corrected chi connectivity index (χ3v) is 3.64. The number of carbonyl (C=O) groups excluding carboxylic acids is 1. The topological polar surface area (TPSA) is 48.0 Å². The number of hydrogen-bond acceptors (Lipinski definition) is 4. The molecule has 0 N–H and O–H groups in total. The first kappa shape index (κ1) is 14.7. The molecule has 1 fully saturated rings. The first-order valence-electron chi connectivity index (χ1n) is 7.35. The van der Waals surface area contributed by atoms with Crippen LogP contribution in [0.15, 0.2) is 36.4 Å². The fraction of sp³-hybridized carbons (Fsp3) is 0.353. The van der Waals surface area contributed by atoms with E-state index in [2.05, 4.69) is 0 Å². The van der Waals surface area contributed by atoms with Gasteiger partial charge in [0.1, 0.15) is 11.9 Å². The van der Waals surface area contributed by atoms with Gasteiger partial charge in [0.2, 0.25) is 0 Å². The van der Waals surface area contributed by atoms with E-state index in [0.717, 1.165) is 22.2 Å². The zero-order chi connectivity index (χ0) is 15.5. The molecule has 1 aliphatic rings. The smallest absolute Gasteiger partial charge is 0.414 e. The predicted octanol–water partition coefficient (Wildman–Crippen LogP) is 3.21. The lowest BCUT2D eigenvalue weighted by atomic mass is 10.1. The molecule has 0 aromatic heterocycles. The van der Waals surface area contributed by atoms with Crippen LogP contribution in [0.1, 0.15) is 6.92 Å². The maximum absolute atomic E-state index is 12.0. The minimum Gasteiger partial charge on any atom is -0.494 e. The summed E-state index contributed by atoms with van der Waals surface area (Å²) in [6, 6.07) is 11.8. The van der Waals surface area contributed by atoms with E-state index in [1.54, 1.807) is 12.0 Å². The average Bonchev–Trinajstić information content (AvgIpc) is 2.88. The first-order chi connectivity index (χ1) is 10.7. The van der Waals surface area contributed by atoms with Crippen molar-refractivity contribution in [2.75, 3.05) is 31.8 Å². The predicted molar refractivity (Wildman–Crippen MR) is 84.6 cm³/mol. The summed E-state index contributed by atoms with van der Waals surface area (Å²) in [7, 11) is 1.60. The molecule has 0 radical (unpaired) electrons. The number of nitrogens with zero attached hydrogens (tertiary/aromatic N) is 1. The van der Waals surface area contributed by atoms with E-state index in [-0.39, 0.29) is 12.2 Å². The van der Waals surface area contributed by atoms with E-state index < -0.39 is 0 Å². The van der Waals surface area contributed by atoms with Gasteiger partial charge in [0.25, 0.3) is 0 Å².